The molecule has 1 aromatic carbocycles. The Kier molecular flexibility index (Phi) is 3.44. The van der Waals surface area contributed by atoms with Crippen LogP contribution in [0, 0.1) is 47.4 Å². The first kappa shape index (κ1) is 13.7. The van der Waals surface area contributed by atoms with E-state index in [4.69, 9.17) is 0 Å². The molecule has 0 bridgehead atoms. The lowest BCUT2D eigenvalue weighted by molar-refractivity contribution is 0.608. The molecule has 0 saturated carbocycles. The minimum atomic E-state index is -0.109. The number of nitrogens with zero attached hydrogens (tertiary/aromatic N) is 1. The molecular weight excluding hydrogens is 237 g/mol. The van der Waals surface area contributed by atoms with E-state index in [-0.39, 0.29) is 5.82 Å². The van der Waals surface area contributed by atoms with Gasteiger partial charge in [-0.2, -0.15) is 0 Å². The second-order valence-corrected chi connectivity index (χ2v) is 5.34. The zero-order chi connectivity index (χ0) is 14.3. The Morgan fingerprint density at radius 1 is 0.789 bits per heavy atom. The van der Waals surface area contributed by atoms with Gasteiger partial charge in [0, 0.05) is 11.3 Å². The van der Waals surface area contributed by atoms with Crippen molar-refractivity contribution in [2.24, 2.45) is 0 Å². The fourth-order valence-electron chi connectivity index (χ4n) is 2.35. The summed E-state index contributed by atoms with van der Waals surface area (Å²) in [7, 11) is 0. The molecule has 0 unspecified atom stereocenters. The molecule has 1 heterocycles. The predicted octanol–water partition coefficient (Wildman–Crippen LogP) is 4.74. The van der Waals surface area contributed by atoms with Gasteiger partial charge < -0.3 is 0 Å². The highest BCUT2D eigenvalue weighted by Crippen LogP contribution is 2.29. The number of halogens is 1. The van der Waals surface area contributed by atoms with Crippen molar-refractivity contribution < 1.29 is 4.39 Å². The number of aryl methyl sites for hydroxylation is 3. The van der Waals surface area contributed by atoms with E-state index in [1.54, 1.807) is 6.92 Å². The SMILES string of the molecule is Cc1cc(-c2cc(C)c(F)c(C)c2C)nc(C)c1C. The van der Waals surface area contributed by atoms with Crippen molar-refractivity contribution in [1.29, 1.82) is 0 Å². The number of benzene rings is 1. The standard InChI is InChI=1S/C17H20FN/c1-9-8-16(19-14(6)11(9)3)15-7-10(2)17(18)13(5)12(15)4/h7-8H,1-6H3. The fraction of sp³-hybridized carbons (Fsp3) is 0.353. The first-order valence-electron chi connectivity index (χ1n) is 6.54. The summed E-state index contributed by atoms with van der Waals surface area (Å²) in [5, 5.41) is 0. The predicted molar refractivity (Wildman–Crippen MR) is 78.1 cm³/mol. The van der Waals surface area contributed by atoms with E-state index in [0.717, 1.165) is 22.5 Å². The molecule has 19 heavy (non-hydrogen) atoms. The van der Waals surface area contributed by atoms with Crippen molar-refractivity contribution in [3.63, 3.8) is 0 Å². The van der Waals surface area contributed by atoms with E-state index in [0.29, 0.717) is 11.1 Å². The summed E-state index contributed by atoms with van der Waals surface area (Å²) in [4.78, 5) is 4.65. The van der Waals surface area contributed by atoms with Gasteiger partial charge in [0.15, 0.2) is 0 Å². The zero-order valence-corrected chi connectivity index (χ0v) is 12.5. The van der Waals surface area contributed by atoms with Gasteiger partial charge >= 0.3 is 0 Å². The third-order valence-electron chi connectivity index (χ3n) is 4.05. The molecule has 2 aromatic rings. The van der Waals surface area contributed by atoms with Gasteiger partial charge in [-0.3, -0.25) is 4.98 Å². The van der Waals surface area contributed by atoms with Gasteiger partial charge in [0.05, 0.1) is 5.69 Å². The van der Waals surface area contributed by atoms with E-state index in [9.17, 15) is 4.39 Å². The highest BCUT2D eigenvalue weighted by Gasteiger charge is 2.13. The van der Waals surface area contributed by atoms with E-state index in [1.807, 2.05) is 26.8 Å². The second-order valence-electron chi connectivity index (χ2n) is 5.34. The van der Waals surface area contributed by atoms with Crippen LogP contribution in [0.3, 0.4) is 0 Å². The summed E-state index contributed by atoms with van der Waals surface area (Å²) >= 11 is 0. The summed E-state index contributed by atoms with van der Waals surface area (Å²) in [5.74, 6) is -0.109. The van der Waals surface area contributed by atoms with E-state index < -0.39 is 0 Å². The molecule has 0 atom stereocenters. The molecule has 0 fully saturated rings. The van der Waals surface area contributed by atoms with Crippen LogP contribution in [-0.2, 0) is 0 Å². The highest BCUT2D eigenvalue weighted by molar-refractivity contribution is 5.67. The lowest BCUT2D eigenvalue weighted by atomic mass is 9.95. The lowest BCUT2D eigenvalue weighted by Crippen LogP contribution is -1.99. The number of hydrogen-bond acceptors (Lipinski definition) is 1. The topological polar surface area (TPSA) is 12.9 Å². The monoisotopic (exact) mass is 257 g/mol. The van der Waals surface area contributed by atoms with Gasteiger partial charge in [0.1, 0.15) is 5.82 Å². The van der Waals surface area contributed by atoms with Crippen molar-refractivity contribution in [2.75, 3.05) is 0 Å². The minimum absolute atomic E-state index is 0.109. The van der Waals surface area contributed by atoms with Crippen molar-refractivity contribution in [2.45, 2.75) is 41.5 Å². The van der Waals surface area contributed by atoms with Gasteiger partial charge in [0.25, 0.3) is 0 Å². The van der Waals surface area contributed by atoms with E-state index in [2.05, 4.69) is 24.9 Å². The summed E-state index contributed by atoms with van der Waals surface area (Å²) in [5.41, 5.74) is 7.81. The first-order valence-corrected chi connectivity index (χ1v) is 6.54. The maximum absolute atomic E-state index is 13.9. The van der Waals surface area contributed by atoms with Crippen LogP contribution in [0.15, 0.2) is 12.1 Å². The third kappa shape index (κ3) is 2.27. The summed E-state index contributed by atoms with van der Waals surface area (Å²) in [6.45, 7) is 11.8. The number of rotatable bonds is 1. The molecule has 100 valence electrons. The average molecular weight is 257 g/mol. The van der Waals surface area contributed by atoms with Gasteiger partial charge in [-0.25, -0.2) is 4.39 Å². The molecule has 0 aliphatic rings. The smallest absolute Gasteiger partial charge is 0.129 e. The van der Waals surface area contributed by atoms with Crippen molar-refractivity contribution in [1.82, 2.24) is 4.98 Å². The normalized spacial score (nSPS) is 10.9. The molecular formula is C17H20FN. The van der Waals surface area contributed by atoms with Crippen LogP contribution in [-0.4, -0.2) is 4.98 Å². The molecule has 0 aliphatic heterocycles. The Morgan fingerprint density at radius 2 is 1.42 bits per heavy atom. The van der Waals surface area contributed by atoms with Gasteiger partial charge in [-0.05, 0) is 81.5 Å². The quantitative estimate of drug-likeness (QED) is 0.719. The van der Waals surface area contributed by atoms with Crippen LogP contribution in [0.25, 0.3) is 11.3 Å². The number of pyridine rings is 1. The van der Waals surface area contributed by atoms with Crippen LogP contribution in [0.1, 0.15) is 33.5 Å². The van der Waals surface area contributed by atoms with Gasteiger partial charge in [-0.1, -0.05) is 0 Å². The summed E-state index contributed by atoms with van der Waals surface area (Å²) in [6.07, 6.45) is 0. The lowest BCUT2D eigenvalue weighted by Gasteiger charge is -2.14. The zero-order valence-electron chi connectivity index (χ0n) is 12.5. The Labute approximate surface area is 114 Å². The average Bonchev–Trinajstić information content (AvgIpc) is 2.37. The van der Waals surface area contributed by atoms with Crippen LogP contribution in [0.4, 0.5) is 4.39 Å². The third-order valence-corrected chi connectivity index (χ3v) is 4.05. The maximum Gasteiger partial charge on any atom is 0.129 e. The molecule has 0 radical (unpaired) electrons. The van der Waals surface area contributed by atoms with Gasteiger partial charge in [-0.15, -0.1) is 0 Å². The summed E-state index contributed by atoms with van der Waals surface area (Å²) < 4.78 is 13.9. The molecule has 0 aliphatic carbocycles. The van der Waals surface area contributed by atoms with E-state index >= 15 is 0 Å². The van der Waals surface area contributed by atoms with Crippen molar-refractivity contribution in [3.05, 3.63) is 51.5 Å². The Morgan fingerprint density at radius 3 is 2.00 bits per heavy atom. The molecule has 0 amide bonds. The Balaban J connectivity index is 2.73. The molecule has 1 aromatic heterocycles. The maximum atomic E-state index is 13.9. The van der Waals surface area contributed by atoms with Crippen LogP contribution in [0.2, 0.25) is 0 Å². The number of hydrogen-bond donors (Lipinski definition) is 0. The van der Waals surface area contributed by atoms with Crippen LogP contribution >= 0.6 is 0 Å². The van der Waals surface area contributed by atoms with E-state index in [1.165, 1.54) is 11.1 Å². The molecule has 1 nitrogen and oxygen atoms in total. The fourth-order valence-corrected chi connectivity index (χ4v) is 2.35. The molecule has 0 N–H and O–H groups in total. The van der Waals surface area contributed by atoms with Crippen molar-refractivity contribution >= 4 is 0 Å². The Bertz CT molecular complexity index is 634. The van der Waals surface area contributed by atoms with Gasteiger partial charge in [0.2, 0.25) is 0 Å². The van der Waals surface area contributed by atoms with Crippen molar-refractivity contribution in [3.8, 4) is 11.3 Å². The minimum Gasteiger partial charge on any atom is -0.253 e. The molecule has 0 spiro atoms. The van der Waals surface area contributed by atoms with Crippen LogP contribution in [0.5, 0.6) is 0 Å². The number of aromatic nitrogens is 1. The second kappa shape index (κ2) is 4.76. The molecule has 2 rings (SSSR count). The van der Waals surface area contributed by atoms with Crippen LogP contribution < -0.4 is 0 Å². The first-order chi connectivity index (χ1) is 8.82. The largest absolute Gasteiger partial charge is 0.253 e. The highest BCUT2D eigenvalue weighted by atomic mass is 19.1. The molecule has 0 saturated heterocycles. The molecule has 2 heteroatoms. The summed E-state index contributed by atoms with van der Waals surface area (Å²) in [6, 6.07) is 3.98. The Hall–Kier alpha value is -1.70.